The second-order valence-electron chi connectivity index (χ2n) is 4.47. The zero-order valence-electron chi connectivity index (χ0n) is 8.99. The average Bonchev–Trinajstić information content (AvgIpc) is 2.15. The van der Waals surface area contributed by atoms with Crippen molar-refractivity contribution < 1.29 is 5.11 Å². The molecule has 3 N–H and O–H groups in total. The molecule has 0 radical (unpaired) electrons. The van der Waals surface area contributed by atoms with E-state index in [1.807, 2.05) is 32.0 Å². The molecule has 2 rings (SSSR count). The normalized spacial score (nSPS) is 11.9. The van der Waals surface area contributed by atoms with Crippen molar-refractivity contribution >= 4 is 10.8 Å². The van der Waals surface area contributed by atoms with Gasteiger partial charge in [-0.1, -0.05) is 18.2 Å². The molecule has 2 aromatic carbocycles. The maximum absolute atomic E-state index is 9.33. The Kier molecular flexibility index (Phi) is 2.16. The first-order valence-corrected chi connectivity index (χ1v) is 4.99. The van der Waals surface area contributed by atoms with Gasteiger partial charge in [0.1, 0.15) is 5.75 Å². The fourth-order valence-corrected chi connectivity index (χ4v) is 1.63. The molecule has 2 nitrogen and oxygen atoms in total. The van der Waals surface area contributed by atoms with E-state index in [1.165, 1.54) is 0 Å². The van der Waals surface area contributed by atoms with E-state index in [4.69, 9.17) is 5.73 Å². The lowest BCUT2D eigenvalue weighted by molar-refractivity contribution is 0.476. The van der Waals surface area contributed by atoms with Crippen molar-refractivity contribution in [2.45, 2.75) is 19.4 Å². The zero-order chi connectivity index (χ0) is 11.1. The summed E-state index contributed by atoms with van der Waals surface area (Å²) < 4.78 is 0. The van der Waals surface area contributed by atoms with Gasteiger partial charge in [0, 0.05) is 5.54 Å². The van der Waals surface area contributed by atoms with Gasteiger partial charge in [0.15, 0.2) is 0 Å². The van der Waals surface area contributed by atoms with Crippen molar-refractivity contribution in [3.8, 4) is 5.75 Å². The molecule has 2 aromatic rings. The van der Waals surface area contributed by atoms with Crippen LogP contribution in [0.25, 0.3) is 10.8 Å². The molecular weight excluding hydrogens is 186 g/mol. The van der Waals surface area contributed by atoms with Crippen molar-refractivity contribution in [3.05, 3.63) is 42.0 Å². The predicted octanol–water partition coefficient (Wildman–Crippen LogP) is 2.74. The minimum absolute atomic E-state index is 0.294. The SMILES string of the molecule is CC(C)(N)c1ccc2cc(O)ccc2c1. The predicted molar refractivity (Wildman–Crippen MR) is 62.8 cm³/mol. The standard InChI is InChI=1S/C13H15NO/c1-13(2,14)11-5-3-10-8-12(15)6-4-9(10)7-11/h3-8,15H,14H2,1-2H3. The van der Waals surface area contributed by atoms with E-state index in [1.54, 1.807) is 12.1 Å². The van der Waals surface area contributed by atoms with Crippen molar-refractivity contribution in [1.29, 1.82) is 0 Å². The maximum atomic E-state index is 9.33. The topological polar surface area (TPSA) is 46.2 Å². The summed E-state index contributed by atoms with van der Waals surface area (Å²) in [4.78, 5) is 0. The van der Waals surface area contributed by atoms with Gasteiger partial charge in [-0.3, -0.25) is 0 Å². The number of hydrogen-bond donors (Lipinski definition) is 2. The molecule has 0 fully saturated rings. The molecule has 0 saturated carbocycles. The van der Waals surface area contributed by atoms with Crippen molar-refractivity contribution in [1.82, 2.24) is 0 Å². The molecule has 0 aliphatic carbocycles. The second-order valence-corrected chi connectivity index (χ2v) is 4.47. The molecular formula is C13H15NO. The maximum Gasteiger partial charge on any atom is 0.116 e. The van der Waals surface area contributed by atoms with Gasteiger partial charge in [-0.25, -0.2) is 0 Å². The molecule has 0 heterocycles. The Hall–Kier alpha value is -1.54. The lowest BCUT2D eigenvalue weighted by Gasteiger charge is -2.19. The van der Waals surface area contributed by atoms with Crippen LogP contribution in [-0.4, -0.2) is 5.11 Å². The third kappa shape index (κ3) is 1.95. The molecule has 15 heavy (non-hydrogen) atoms. The van der Waals surface area contributed by atoms with E-state index in [0.717, 1.165) is 16.3 Å². The first-order valence-electron chi connectivity index (χ1n) is 4.99. The fraction of sp³-hybridized carbons (Fsp3) is 0.231. The molecule has 0 spiro atoms. The first-order chi connectivity index (χ1) is 6.97. The van der Waals surface area contributed by atoms with Gasteiger partial charge in [0.05, 0.1) is 0 Å². The minimum atomic E-state index is -0.327. The van der Waals surface area contributed by atoms with E-state index in [9.17, 15) is 5.11 Å². The van der Waals surface area contributed by atoms with Crippen molar-refractivity contribution in [2.24, 2.45) is 5.73 Å². The van der Waals surface area contributed by atoms with Crippen molar-refractivity contribution in [2.75, 3.05) is 0 Å². The van der Waals surface area contributed by atoms with E-state index in [-0.39, 0.29) is 5.54 Å². The smallest absolute Gasteiger partial charge is 0.116 e. The van der Waals surface area contributed by atoms with Gasteiger partial charge in [0.2, 0.25) is 0 Å². The molecule has 78 valence electrons. The lowest BCUT2D eigenvalue weighted by atomic mass is 9.93. The number of benzene rings is 2. The molecule has 2 heteroatoms. The fourth-order valence-electron chi connectivity index (χ4n) is 1.63. The van der Waals surface area contributed by atoms with Crippen LogP contribution in [-0.2, 0) is 5.54 Å². The summed E-state index contributed by atoms with van der Waals surface area (Å²) in [6.07, 6.45) is 0. The molecule has 0 aliphatic heterocycles. The Morgan fingerprint density at radius 2 is 1.60 bits per heavy atom. The van der Waals surface area contributed by atoms with E-state index in [0.29, 0.717) is 5.75 Å². The summed E-state index contributed by atoms with van der Waals surface area (Å²) >= 11 is 0. The van der Waals surface area contributed by atoms with Crippen LogP contribution in [0.1, 0.15) is 19.4 Å². The van der Waals surface area contributed by atoms with E-state index < -0.39 is 0 Å². The third-order valence-corrected chi connectivity index (χ3v) is 2.57. The van der Waals surface area contributed by atoms with Gasteiger partial charge in [0.25, 0.3) is 0 Å². The lowest BCUT2D eigenvalue weighted by Crippen LogP contribution is -2.28. The molecule has 0 saturated heterocycles. The summed E-state index contributed by atoms with van der Waals surface area (Å²) in [7, 11) is 0. The molecule has 0 amide bonds. The highest BCUT2D eigenvalue weighted by Gasteiger charge is 2.13. The summed E-state index contributed by atoms with van der Waals surface area (Å²) in [6.45, 7) is 3.96. The monoisotopic (exact) mass is 201 g/mol. The Labute approximate surface area is 89.3 Å². The highest BCUT2D eigenvalue weighted by molar-refractivity contribution is 5.84. The van der Waals surface area contributed by atoms with Crippen LogP contribution in [0.4, 0.5) is 0 Å². The van der Waals surface area contributed by atoms with Gasteiger partial charge >= 0.3 is 0 Å². The molecule has 0 aromatic heterocycles. The number of nitrogens with two attached hydrogens (primary N) is 1. The number of phenols is 1. The average molecular weight is 201 g/mol. The van der Waals surface area contributed by atoms with E-state index in [2.05, 4.69) is 6.07 Å². The van der Waals surface area contributed by atoms with E-state index >= 15 is 0 Å². The highest BCUT2D eigenvalue weighted by atomic mass is 16.3. The number of aromatic hydroxyl groups is 1. The number of phenolic OH excluding ortho intramolecular Hbond substituents is 1. The summed E-state index contributed by atoms with van der Waals surface area (Å²) in [6, 6.07) is 11.4. The van der Waals surface area contributed by atoms with Gasteiger partial charge < -0.3 is 10.8 Å². The summed E-state index contributed by atoms with van der Waals surface area (Å²) in [5.74, 6) is 0.294. The summed E-state index contributed by atoms with van der Waals surface area (Å²) in [5, 5.41) is 11.5. The quantitative estimate of drug-likeness (QED) is 0.745. The van der Waals surface area contributed by atoms with Gasteiger partial charge in [-0.05, 0) is 48.4 Å². The number of hydrogen-bond acceptors (Lipinski definition) is 2. The van der Waals surface area contributed by atoms with Crippen LogP contribution in [0.2, 0.25) is 0 Å². The van der Waals surface area contributed by atoms with Gasteiger partial charge in [-0.15, -0.1) is 0 Å². The van der Waals surface area contributed by atoms with Crippen LogP contribution in [0.3, 0.4) is 0 Å². The van der Waals surface area contributed by atoms with Crippen molar-refractivity contribution in [3.63, 3.8) is 0 Å². The van der Waals surface area contributed by atoms with Gasteiger partial charge in [-0.2, -0.15) is 0 Å². The Morgan fingerprint density at radius 1 is 1.00 bits per heavy atom. The first kappa shape index (κ1) is 9.99. The Morgan fingerprint density at radius 3 is 2.27 bits per heavy atom. The zero-order valence-corrected chi connectivity index (χ0v) is 8.99. The molecule has 0 bridgehead atoms. The van der Waals surface area contributed by atoms with Crippen LogP contribution in [0.5, 0.6) is 5.75 Å². The second kappa shape index (κ2) is 3.24. The number of rotatable bonds is 1. The summed E-state index contributed by atoms with van der Waals surface area (Å²) in [5.41, 5.74) is 6.80. The van der Waals surface area contributed by atoms with Crippen LogP contribution < -0.4 is 5.73 Å². The molecule has 0 atom stereocenters. The largest absolute Gasteiger partial charge is 0.508 e. The van der Waals surface area contributed by atoms with Crippen LogP contribution >= 0.6 is 0 Å². The van der Waals surface area contributed by atoms with Crippen LogP contribution in [0, 0.1) is 0 Å². The minimum Gasteiger partial charge on any atom is -0.508 e. The number of fused-ring (bicyclic) bond motifs is 1. The Balaban J connectivity index is 2.62. The molecule has 0 unspecified atom stereocenters. The van der Waals surface area contributed by atoms with Crippen LogP contribution in [0.15, 0.2) is 36.4 Å². The molecule has 0 aliphatic rings. The Bertz CT molecular complexity index is 497. The highest BCUT2D eigenvalue weighted by Crippen LogP contribution is 2.25. The third-order valence-electron chi connectivity index (χ3n) is 2.57.